The summed E-state index contributed by atoms with van der Waals surface area (Å²) >= 11 is 0. The van der Waals surface area contributed by atoms with Crippen molar-refractivity contribution in [2.75, 3.05) is 14.2 Å². The minimum Gasteiger partial charge on any atom is -0.493 e. The molecule has 5 heteroatoms. The quantitative estimate of drug-likeness (QED) is 0.369. The highest BCUT2D eigenvalue weighted by Gasteiger charge is 2.14. The predicted octanol–water partition coefficient (Wildman–Crippen LogP) is 4.15. The van der Waals surface area contributed by atoms with Gasteiger partial charge in [-0.05, 0) is 31.5 Å². The Morgan fingerprint density at radius 1 is 1.09 bits per heavy atom. The molecule has 0 aliphatic carbocycles. The second-order valence-electron chi connectivity index (χ2n) is 5.20. The van der Waals surface area contributed by atoms with E-state index in [1.807, 2.05) is 6.92 Å². The molecule has 0 radical (unpaired) electrons. The summed E-state index contributed by atoms with van der Waals surface area (Å²) in [5, 5.41) is 0. The van der Waals surface area contributed by atoms with Crippen molar-refractivity contribution in [3.63, 3.8) is 0 Å². The SMILES string of the molecule is CCCCCCC(C)OOC(=O)c1ccc(OC)c(OC)c1. The highest BCUT2D eigenvalue weighted by molar-refractivity contribution is 5.89. The molecule has 22 heavy (non-hydrogen) atoms. The zero-order valence-corrected chi connectivity index (χ0v) is 13.9. The van der Waals surface area contributed by atoms with Crippen LogP contribution in [0, 0.1) is 0 Å². The summed E-state index contributed by atoms with van der Waals surface area (Å²) in [6.07, 6.45) is 5.43. The molecule has 0 aromatic heterocycles. The van der Waals surface area contributed by atoms with E-state index in [1.165, 1.54) is 26.4 Å². The fourth-order valence-corrected chi connectivity index (χ4v) is 2.04. The molecule has 1 unspecified atom stereocenters. The third-order valence-corrected chi connectivity index (χ3v) is 3.37. The van der Waals surface area contributed by atoms with Gasteiger partial charge in [0.05, 0.1) is 19.8 Å². The van der Waals surface area contributed by atoms with Gasteiger partial charge >= 0.3 is 5.97 Å². The monoisotopic (exact) mass is 310 g/mol. The first-order valence-electron chi connectivity index (χ1n) is 7.72. The van der Waals surface area contributed by atoms with Gasteiger partial charge in [0, 0.05) is 0 Å². The fourth-order valence-electron chi connectivity index (χ4n) is 2.04. The fraction of sp³-hybridized carbons (Fsp3) is 0.588. The molecule has 5 nitrogen and oxygen atoms in total. The lowest BCUT2D eigenvalue weighted by atomic mass is 10.1. The Balaban J connectivity index is 2.45. The van der Waals surface area contributed by atoms with E-state index >= 15 is 0 Å². The standard InChI is InChI=1S/C17H26O5/c1-5-6-7-8-9-13(2)21-22-17(18)14-10-11-15(19-3)16(12-14)20-4/h10-13H,5-9H2,1-4H3. The number of carbonyl (C=O) groups excluding carboxylic acids is 1. The van der Waals surface area contributed by atoms with Gasteiger partial charge in [0.1, 0.15) is 6.10 Å². The predicted molar refractivity (Wildman–Crippen MR) is 84.3 cm³/mol. The number of carbonyl (C=O) groups is 1. The van der Waals surface area contributed by atoms with Crippen LogP contribution in [-0.2, 0) is 9.78 Å². The van der Waals surface area contributed by atoms with Crippen LogP contribution < -0.4 is 9.47 Å². The highest BCUT2D eigenvalue weighted by Crippen LogP contribution is 2.27. The minimum absolute atomic E-state index is 0.110. The molecule has 1 rings (SSSR count). The molecular weight excluding hydrogens is 284 g/mol. The zero-order chi connectivity index (χ0) is 16.4. The van der Waals surface area contributed by atoms with Gasteiger partial charge in [-0.2, -0.15) is 4.89 Å². The van der Waals surface area contributed by atoms with Crippen molar-refractivity contribution < 1.29 is 24.0 Å². The average molecular weight is 310 g/mol. The maximum absolute atomic E-state index is 11.9. The van der Waals surface area contributed by atoms with Crippen LogP contribution in [-0.4, -0.2) is 26.3 Å². The molecular formula is C17H26O5. The molecule has 124 valence electrons. The molecule has 0 spiro atoms. The van der Waals surface area contributed by atoms with Crippen molar-refractivity contribution in [1.29, 1.82) is 0 Å². The molecule has 0 amide bonds. The van der Waals surface area contributed by atoms with E-state index < -0.39 is 5.97 Å². The lowest BCUT2D eigenvalue weighted by Crippen LogP contribution is -2.13. The van der Waals surface area contributed by atoms with E-state index in [9.17, 15) is 4.79 Å². The highest BCUT2D eigenvalue weighted by atomic mass is 17.2. The van der Waals surface area contributed by atoms with Gasteiger partial charge in [0.15, 0.2) is 11.5 Å². The molecule has 0 aliphatic rings. The van der Waals surface area contributed by atoms with Gasteiger partial charge in [-0.15, -0.1) is 0 Å². The topological polar surface area (TPSA) is 54.0 Å². The smallest absolute Gasteiger partial charge is 0.373 e. The number of hydrogen-bond acceptors (Lipinski definition) is 5. The molecule has 0 saturated carbocycles. The summed E-state index contributed by atoms with van der Waals surface area (Å²) in [5.74, 6) is 0.496. The Hall–Kier alpha value is -1.75. The first-order chi connectivity index (χ1) is 10.6. The Morgan fingerprint density at radius 3 is 2.45 bits per heavy atom. The van der Waals surface area contributed by atoms with Gasteiger partial charge in [-0.3, -0.25) is 4.89 Å². The summed E-state index contributed by atoms with van der Waals surface area (Å²) in [5.41, 5.74) is 0.357. The molecule has 0 fully saturated rings. The van der Waals surface area contributed by atoms with Crippen LogP contribution in [0.5, 0.6) is 11.5 Å². The number of rotatable bonds is 10. The number of unbranched alkanes of at least 4 members (excludes halogenated alkanes) is 3. The van der Waals surface area contributed by atoms with Crippen LogP contribution in [0.25, 0.3) is 0 Å². The molecule has 0 N–H and O–H groups in total. The van der Waals surface area contributed by atoms with Crippen LogP contribution in [0.4, 0.5) is 0 Å². The van der Waals surface area contributed by atoms with Gasteiger partial charge in [-0.1, -0.05) is 32.6 Å². The van der Waals surface area contributed by atoms with E-state index in [0.717, 1.165) is 12.8 Å². The van der Waals surface area contributed by atoms with Crippen molar-refractivity contribution >= 4 is 5.97 Å². The normalized spacial score (nSPS) is 11.8. The Morgan fingerprint density at radius 2 is 1.82 bits per heavy atom. The van der Waals surface area contributed by atoms with Crippen molar-refractivity contribution in [2.24, 2.45) is 0 Å². The van der Waals surface area contributed by atoms with E-state index in [4.69, 9.17) is 19.2 Å². The molecule has 0 heterocycles. The van der Waals surface area contributed by atoms with Crippen molar-refractivity contribution in [3.8, 4) is 11.5 Å². The van der Waals surface area contributed by atoms with Gasteiger partial charge in [0.2, 0.25) is 0 Å². The number of hydrogen-bond donors (Lipinski definition) is 0. The number of methoxy groups -OCH3 is 2. The van der Waals surface area contributed by atoms with E-state index in [2.05, 4.69) is 6.92 Å². The lowest BCUT2D eigenvalue weighted by Gasteiger charge is -2.12. The largest absolute Gasteiger partial charge is 0.493 e. The van der Waals surface area contributed by atoms with Crippen molar-refractivity contribution in [2.45, 2.75) is 52.1 Å². The van der Waals surface area contributed by atoms with Crippen LogP contribution in [0.3, 0.4) is 0 Å². The maximum atomic E-state index is 11.9. The number of benzene rings is 1. The summed E-state index contributed by atoms with van der Waals surface area (Å²) in [4.78, 5) is 22.0. The van der Waals surface area contributed by atoms with Crippen LogP contribution in [0.2, 0.25) is 0 Å². The Labute approximate surface area is 132 Å². The molecule has 1 atom stereocenters. The van der Waals surface area contributed by atoms with Gasteiger partial charge in [0.25, 0.3) is 0 Å². The maximum Gasteiger partial charge on any atom is 0.373 e. The second-order valence-corrected chi connectivity index (χ2v) is 5.20. The Kier molecular flexibility index (Phi) is 8.36. The summed E-state index contributed by atoms with van der Waals surface area (Å²) < 4.78 is 10.3. The minimum atomic E-state index is -0.540. The molecule has 1 aromatic carbocycles. The van der Waals surface area contributed by atoms with Crippen LogP contribution in [0.1, 0.15) is 56.3 Å². The van der Waals surface area contributed by atoms with E-state index in [1.54, 1.807) is 25.3 Å². The van der Waals surface area contributed by atoms with E-state index in [-0.39, 0.29) is 6.10 Å². The summed E-state index contributed by atoms with van der Waals surface area (Å²) in [6, 6.07) is 4.83. The van der Waals surface area contributed by atoms with Crippen LogP contribution >= 0.6 is 0 Å². The number of ether oxygens (including phenoxy) is 2. The molecule has 1 aromatic rings. The molecule has 0 saturated heterocycles. The first kappa shape index (κ1) is 18.3. The third-order valence-electron chi connectivity index (χ3n) is 3.37. The van der Waals surface area contributed by atoms with E-state index in [0.29, 0.717) is 17.1 Å². The summed E-state index contributed by atoms with van der Waals surface area (Å²) in [7, 11) is 3.06. The van der Waals surface area contributed by atoms with Crippen molar-refractivity contribution in [1.82, 2.24) is 0 Å². The second kappa shape index (κ2) is 10.1. The van der Waals surface area contributed by atoms with Gasteiger partial charge in [-0.25, -0.2) is 4.79 Å². The van der Waals surface area contributed by atoms with Crippen molar-refractivity contribution in [3.05, 3.63) is 23.8 Å². The molecule has 0 bridgehead atoms. The van der Waals surface area contributed by atoms with Gasteiger partial charge < -0.3 is 9.47 Å². The molecule has 0 aliphatic heterocycles. The third kappa shape index (κ3) is 5.93. The van der Waals surface area contributed by atoms with Crippen LogP contribution in [0.15, 0.2) is 18.2 Å². The lowest BCUT2D eigenvalue weighted by molar-refractivity contribution is -0.271. The zero-order valence-electron chi connectivity index (χ0n) is 13.9. The Bertz CT molecular complexity index is 458. The summed E-state index contributed by atoms with van der Waals surface area (Å²) in [6.45, 7) is 4.07. The average Bonchev–Trinajstić information content (AvgIpc) is 2.55. The first-order valence-corrected chi connectivity index (χ1v) is 7.72.